The molecule has 0 bridgehead atoms. The van der Waals surface area contributed by atoms with Crippen LogP contribution < -0.4 is 4.74 Å². The van der Waals surface area contributed by atoms with E-state index in [1.54, 1.807) is 18.2 Å². The van der Waals surface area contributed by atoms with Crippen LogP contribution in [0.2, 0.25) is 0 Å². The molecule has 9 heteroatoms. The second kappa shape index (κ2) is 10.4. The molecule has 2 aliphatic rings. The number of nitrogens with zero attached hydrogens (tertiary/aromatic N) is 2. The van der Waals surface area contributed by atoms with Crippen LogP contribution in [0.15, 0.2) is 77.8 Å². The van der Waals surface area contributed by atoms with E-state index in [2.05, 4.69) is 31.0 Å². The Balaban J connectivity index is 0.00000357. The van der Waals surface area contributed by atoms with Gasteiger partial charge in [0, 0.05) is 61.4 Å². The summed E-state index contributed by atoms with van der Waals surface area (Å²) in [5.41, 5.74) is 1.28. The molecule has 0 amide bonds. The van der Waals surface area contributed by atoms with Crippen molar-refractivity contribution in [1.29, 1.82) is 0 Å². The number of phenolic OH excluding ortho intramolecular Hbond substituents is 1. The summed E-state index contributed by atoms with van der Waals surface area (Å²) in [5, 5.41) is 11.2. The third-order valence-electron chi connectivity index (χ3n) is 9.35. The van der Waals surface area contributed by atoms with Gasteiger partial charge < -0.3 is 14.6 Å². The van der Waals surface area contributed by atoms with Gasteiger partial charge in [-0.3, -0.25) is 4.99 Å². The van der Waals surface area contributed by atoms with Gasteiger partial charge >= 0.3 is 0 Å². The van der Waals surface area contributed by atoms with Crippen molar-refractivity contribution >= 4 is 16.8 Å². The Hall–Kier alpha value is -4.16. The van der Waals surface area contributed by atoms with E-state index in [9.17, 15) is 9.50 Å². The predicted octanol–water partition coefficient (Wildman–Crippen LogP) is 8.67. The molecule has 5 aromatic rings. The van der Waals surface area contributed by atoms with Crippen LogP contribution in [0.25, 0.3) is 22.0 Å². The van der Waals surface area contributed by atoms with Crippen molar-refractivity contribution in [2.24, 2.45) is 4.99 Å². The first-order valence-corrected chi connectivity index (χ1v) is 14.2. The van der Waals surface area contributed by atoms with E-state index in [0.29, 0.717) is 28.6 Å². The van der Waals surface area contributed by atoms with Gasteiger partial charge in [-0.05, 0) is 55.7 Å². The molecule has 2 heterocycles. The van der Waals surface area contributed by atoms with Crippen LogP contribution in [0.3, 0.4) is 0 Å². The van der Waals surface area contributed by atoms with Gasteiger partial charge in [-0.15, -0.1) is 6.07 Å². The molecule has 0 fully saturated rings. The average Bonchev–Trinajstić information content (AvgIpc) is 3.31. The van der Waals surface area contributed by atoms with Crippen molar-refractivity contribution in [3.63, 3.8) is 0 Å². The molecule has 0 spiro atoms. The zero-order chi connectivity index (χ0) is 31.2. The molecule has 1 aliphatic carbocycles. The number of aliphatic imine (C=N–C) groups is 1. The van der Waals surface area contributed by atoms with E-state index < -0.39 is 39.6 Å². The smallest absolute Gasteiger partial charge is 0.217 e. The zero-order valence-electron chi connectivity index (χ0n) is 25.0. The normalized spacial score (nSPS) is 21.0. The fourth-order valence-corrected chi connectivity index (χ4v) is 6.69. The maximum absolute atomic E-state index is 15.1. The van der Waals surface area contributed by atoms with Crippen LogP contribution in [0.4, 0.5) is 13.2 Å². The van der Waals surface area contributed by atoms with Gasteiger partial charge in [-0.1, -0.05) is 61.4 Å². The second-order valence-electron chi connectivity index (χ2n) is 12.3. The Morgan fingerprint density at radius 2 is 1.56 bits per heavy atom. The standard InChI is InChI=1S/C36H28F3N2O3.Pt/c1-19-12-20-10-11-30(40-32(20)29(42)13-19)43-24-15-21(31-27(38)17-23(37)18-28(31)39)14-22(16-24)33-41-35(4)26-9-7-6-8-25(26)34(2,3)36(35,5)44-33;/h6-15,17-18,42H,1-5H3;/q-1;/t35-,36+;/m0./s1. The molecule has 0 unspecified atom stereocenters. The SMILES string of the molecule is Cc1cc(O)c2nc(Oc3[c-]c(C4=N[C@@]5(C)c6ccccc6C(C)(C)[C@@]5(C)O4)cc(-c4c(F)cc(F)cc4F)c3)ccc2c1.[Pt]. The number of pyridine rings is 1. The maximum atomic E-state index is 15.1. The Labute approximate surface area is 273 Å². The molecule has 0 saturated heterocycles. The Morgan fingerprint density at radius 1 is 0.867 bits per heavy atom. The molecule has 2 atom stereocenters. The number of rotatable bonds is 4. The fourth-order valence-electron chi connectivity index (χ4n) is 6.69. The van der Waals surface area contributed by atoms with Crippen molar-refractivity contribution in [2.45, 2.75) is 51.2 Å². The van der Waals surface area contributed by atoms with Crippen LogP contribution in [-0.2, 0) is 36.8 Å². The second-order valence-corrected chi connectivity index (χ2v) is 12.3. The summed E-state index contributed by atoms with van der Waals surface area (Å²) < 4.78 is 56.7. The van der Waals surface area contributed by atoms with Crippen molar-refractivity contribution < 1.29 is 48.8 Å². The first-order chi connectivity index (χ1) is 20.8. The van der Waals surface area contributed by atoms with Gasteiger partial charge in [0.25, 0.3) is 0 Å². The van der Waals surface area contributed by atoms with Crippen LogP contribution in [0.1, 0.15) is 49.9 Å². The quantitative estimate of drug-likeness (QED) is 0.185. The number of ether oxygens (including phenoxy) is 2. The first kappa shape index (κ1) is 30.8. The van der Waals surface area contributed by atoms with E-state index in [0.717, 1.165) is 16.7 Å². The molecular weight excluding hydrogens is 760 g/mol. The minimum Gasteiger partial charge on any atom is -0.510 e. The number of fused-ring (bicyclic) bond motifs is 4. The molecule has 1 aromatic heterocycles. The van der Waals surface area contributed by atoms with Gasteiger partial charge in [0.05, 0.1) is 0 Å². The molecule has 1 aliphatic heterocycles. The Morgan fingerprint density at radius 3 is 2.27 bits per heavy atom. The molecule has 232 valence electrons. The summed E-state index contributed by atoms with van der Waals surface area (Å²) in [5.74, 6) is -2.77. The number of halogens is 3. The summed E-state index contributed by atoms with van der Waals surface area (Å²) in [6, 6.07) is 22.2. The number of hydrogen-bond acceptors (Lipinski definition) is 5. The van der Waals surface area contributed by atoms with Crippen molar-refractivity contribution in [2.75, 3.05) is 0 Å². The number of benzene rings is 4. The van der Waals surface area contributed by atoms with E-state index in [1.165, 1.54) is 12.1 Å². The van der Waals surface area contributed by atoms with Crippen LogP contribution in [-0.4, -0.2) is 21.6 Å². The third-order valence-corrected chi connectivity index (χ3v) is 9.35. The zero-order valence-corrected chi connectivity index (χ0v) is 27.3. The molecule has 1 N–H and O–H groups in total. The van der Waals surface area contributed by atoms with Crippen LogP contribution in [0, 0.1) is 30.4 Å². The van der Waals surface area contributed by atoms with Gasteiger partial charge in [-0.25, -0.2) is 18.2 Å². The van der Waals surface area contributed by atoms with E-state index >= 15 is 8.78 Å². The fraction of sp³-hybridized carbons (Fsp3) is 0.222. The van der Waals surface area contributed by atoms with Crippen molar-refractivity contribution in [3.05, 3.63) is 119 Å². The monoisotopic (exact) mass is 788 g/mol. The van der Waals surface area contributed by atoms with Gasteiger partial charge in [0.2, 0.25) is 5.88 Å². The Bertz CT molecular complexity index is 2040. The van der Waals surface area contributed by atoms with E-state index in [-0.39, 0.29) is 49.9 Å². The molecule has 45 heavy (non-hydrogen) atoms. The summed E-state index contributed by atoms with van der Waals surface area (Å²) in [4.78, 5) is 9.52. The largest absolute Gasteiger partial charge is 0.510 e. The van der Waals surface area contributed by atoms with Crippen LogP contribution in [0.5, 0.6) is 17.4 Å². The maximum Gasteiger partial charge on any atom is 0.217 e. The number of aromatic nitrogens is 1. The third kappa shape index (κ3) is 4.56. The Kier molecular flexibility index (Phi) is 7.16. The molecule has 0 radical (unpaired) electrons. The number of phenols is 1. The summed E-state index contributed by atoms with van der Waals surface area (Å²) in [6.07, 6.45) is 0. The number of aromatic hydroxyl groups is 1. The summed E-state index contributed by atoms with van der Waals surface area (Å²) in [7, 11) is 0. The molecule has 0 saturated carbocycles. The van der Waals surface area contributed by atoms with Gasteiger partial charge in [-0.2, -0.15) is 0 Å². The van der Waals surface area contributed by atoms with E-state index in [4.69, 9.17) is 14.5 Å². The van der Waals surface area contributed by atoms with E-state index in [1.807, 2.05) is 45.0 Å². The predicted molar refractivity (Wildman–Crippen MR) is 162 cm³/mol. The van der Waals surface area contributed by atoms with Crippen molar-refractivity contribution in [3.8, 4) is 28.5 Å². The molecular formula is C36H28F3N2O3Pt-. The molecule has 7 rings (SSSR count). The topological polar surface area (TPSA) is 63.9 Å². The minimum absolute atomic E-state index is 0. The van der Waals surface area contributed by atoms with Gasteiger partial charge in [0.1, 0.15) is 45.8 Å². The van der Waals surface area contributed by atoms with Gasteiger partial charge in [0.15, 0.2) is 0 Å². The van der Waals surface area contributed by atoms with Crippen LogP contribution >= 0.6 is 0 Å². The molecule has 5 nitrogen and oxygen atoms in total. The minimum atomic E-state index is -1.07. The summed E-state index contributed by atoms with van der Waals surface area (Å²) >= 11 is 0. The van der Waals surface area contributed by atoms with Crippen molar-refractivity contribution in [1.82, 2.24) is 4.98 Å². The summed E-state index contributed by atoms with van der Waals surface area (Å²) in [6.45, 7) is 10.1. The number of hydrogen-bond donors (Lipinski definition) is 1. The number of aryl methyl sites for hydroxylation is 1. The first-order valence-electron chi connectivity index (χ1n) is 14.2. The molecule has 4 aromatic carbocycles. The average molecular weight is 789 g/mol.